The van der Waals surface area contributed by atoms with Gasteiger partial charge in [0.15, 0.2) is 0 Å². The highest BCUT2D eigenvalue weighted by Gasteiger charge is 2.16. The summed E-state index contributed by atoms with van der Waals surface area (Å²) < 4.78 is 0. The van der Waals surface area contributed by atoms with Crippen LogP contribution in [0.15, 0.2) is 30.3 Å². The minimum Gasteiger partial charge on any atom is -0.394 e. The molecule has 1 aromatic carbocycles. The van der Waals surface area contributed by atoms with Crippen LogP contribution in [0.25, 0.3) is 0 Å². The second kappa shape index (κ2) is 8.72. The number of amides is 1. The van der Waals surface area contributed by atoms with E-state index in [1.807, 2.05) is 44.2 Å². The molecular weight excluding hydrogens is 254 g/mol. The maximum absolute atomic E-state index is 12.0. The monoisotopic (exact) mass is 279 g/mol. The van der Waals surface area contributed by atoms with Gasteiger partial charge in [0.2, 0.25) is 5.91 Å². The Kier molecular flexibility index (Phi) is 7.26. The van der Waals surface area contributed by atoms with E-state index in [-0.39, 0.29) is 24.5 Å². The fraction of sp³-hybridized carbons (Fsp3) is 0.562. The number of carbonyl (C=O) groups is 1. The molecule has 0 bridgehead atoms. The maximum Gasteiger partial charge on any atom is 0.223 e. The average molecular weight is 279 g/mol. The van der Waals surface area contributed by atoms with E-state index < -0.39 is 6.10 Å². The number of benzene rings is 1. The van der Waals surface area contributed by atoms with Crippen molar-refractivity contribution < 1.29 is 15.0 Å². The predicted octanol–water partition coefficient (Wildman–Crippen LogP) is 1.50. The summed E-state index contributed by atoms with van der Waals surface area (Å²) in [5.74, 6) is -0.159. The molecule has 0 aliphatic rings. The molecule has 0 aliphatic carbocycles. The molecule has 0 saturated carbocycles. The standard InChI is InChI=1S/C16H25NO3/c1-12(8-9-15(19)11-18)16(20)17-13(2)10-14-6-4-3-5-7-14/h3-7,12-13,15,18-19H,8-11H2,1-2H3,(H,17,20)/t12?,13-,15-/m0/s1. The molecule has 4 nitrogen and oxygen atoms in total. The van der Waals surface area contributed by atoms with Crippen molar-refractivity contribution in [2.45, 2.75) is 45.3 Å². The molecule has 3 atom stereocenters. The highest BCUT2D eigenvalue weighted by molar-refractivity contribution is 5.78. The molecular formula is C16H25NO3. The van der Waals surface area contributed by atoms with Gasteiger partial charge in [0.25, 0.3) is 0 Å². The first kappa shape index (κ1) is 16.7. The molecule has 0 fully saturated rings. The van der Waals surface area contributed by atoms with Crippen LogP contribution in [0.5, 0.6) is 0 Å². The Morgan fingerprint density at radius 3 is 2.45 bits per heavy atom. The van der Waals surface area contributed by atoms with Gasteiger partial charge in [-0.25, -0.2) is 0 Å². The van der Waals surface area contributed by atoms with Crippen LogP contribution in [0, 0.1) is 5.92 Å². The van der Waals surface area contributed by atoms with Gasteiger partial charge in [0.1, 0.15) is 0 Å². The van der Waals surface area contributed by atoms with Crippen LogP contribution in [-0.2, 0) is 11.2 Å². The van der Waals surface area contributed by atoms with Gasteiger partial charge in [-0.2, -0.15) is 0 Å². The summed E-state index contributed by atoms with van der Waals surface area (Å²) >= 11 is 0. The number of aliphatic hydroxyl groups is 2. The van der Waals surface area contributed by atoms with Gasteiger partial charge in [0, 0.05) is 12.0 Å². The van der Waals surface area contributed by atoms with Crippen LogP contribution < -0.4 is 5.32 Å². The fourth-order valence-corrected chi connectivity index (χ4v) is 2.07. The van der Waals surface area contributed by atoms with Crippen molar-refractivity contribution in [1.29, 1.82) is 0 Å². The van der Waals surface area contributed by atoms with Crippen LogP contribution in [0.4, 0.5) is 0 Å². The Bertz CT molecular complexity index is 394. The molecule has 0 saturated heterocycles. The van der Waals surface area contributed by atoms with Crippen molar-refractivity contribution in [2.75, 3.05) is 6.61 Å². The molecule has 3 N–H and O–H groups in total. The van der Waals surface area contributed by atoms with Crippen LogP contribution in [-0.4, -0.2) is 34.9 Å². The molecule has 1 amide bonds. The van der Waals surface area contributed by atoms with Crippen molar-refractivity contribution in [3.8, 4) is 0 Å². The van der Waals surface area contributed by atoms with Gasteiger partial charge in [-0.15, -0.1) is 0 Å². The van der Waals surface area contributed by atoms with Gasteiger partial charge in [-0.1, -0.05) is 37.3 Å². The zero-order valence-electron chi connectivity index (χ0n) is 12.2. The summed E-state index contributed by atoms with van der Waals surface area (Å²) in [5, 5.41) is 21.0. The zero-order valence-corrected chi connectivity index (χ0v) is 12.2. The number of hydrogen-bond donors (Lipinski definition) is 3. The number of rotatable bonds is 8. The topological polar surface area (TPSA) is 69.6 Å². The van der Waals surface area contributed by atoms with Gasteiger partial charge in [-0.05, 0) is 31.7 Å². The van der Waals surface area contributed by atoms with E-state index in [4.69, 9.17) is 5.11 Å². The summed E-state index contributed by atoms with van der Waals surface area (Å²) in [6.07, 6.45) is 1.09. The second-order valence-corrected chi connectivity index (χ2v) is 5.41. The lowest BCUT2D eigenvalue weighted by Gasteiger charge is -2.18. The van der Waals surface area contributed by atoms with Crippen molar-refractivity contribution in [3.05, 3.63) is 35.9 Å². The largest absolute Gasteiger partial charge is 0.394 e. The van der Waals surface area contributed by atoms with Crippen molar-refractivity contribution in [1.82, 2.24) is 5.32 Å². The third kappa shape index (κ3) is 6.17. The van der Waals surface area contributed by atoms with Crippen LogP contribution in [0.1, 0.15) is 32.3 Å². The average Bonchev–Trinajstić information content (AvgIpc) is 2.45. The minimum absolute atomic E-state index is 0.00132. The van der Waals surface area contributed by atoms with Gasteiger partial charge >= 0.3 is 0 Å². The normalized spacial score (nSPS) is 15.4. The SMILES string of the molecule is CC(CC[C@H](O)CO)C(=O)N[C@@H](C)Cc1ccccc1. The lowest BCUT2D eigenvalue weighted by molar-refractivity contribution is -0.125. The maximum atomic E-state index is 12.0. The Hall–Kier alpha value is -1.39. The van der Waals surface area contributed by atoms with Crippen molar-refractivity contribution >= 4 is 5.91 Å². The molecule has 4 heteroatoms. The van der Waals surface area contributed by atoms with E-state index in [1.54, 1.807) is 0 Å². The second-order valence-electron chi connectivity index (χ2n) is 5.41. The summed E-state index contributed by atoms with van der Waals surface area (Å²) in [7, 11) is 0. The van der Waals surface area contributed by atoms with E-state index in [0.717, 1.165) is 6.42 Å². The molecule has 0 aromatic heterocycles. The van der Waals surface area contributed by atoms with Crippen LogP contribution in [0.2, 0.25) is 0 Å². The van der Waals surface area contributed by atoms with Gasteiger partial charge in [0.05, 0.1) is 12.7 Å². The summed E-state index contributed by atoms with van der Waals surface area (Å²) in [5.41, 5.74) is 1.20. The molecule has 1 unspecified atom stereocenters. The van der Waals surface area contributed by atoms with E-state index in [1.165, 1.54) is 5.56 Å². The fourth-order valence-electron chi connectivity index (χ4n) is 2.07. The third-order valence-corrected chi connectivity index (χ3v) is 3.36. The van der Waals surface area contributed by atoms with E-state index in [9.17, 15) is 9.90 Å². The molecule has 0 spiro atoms. The lowest BCUT2D eigenvalue weighted by atomic mass is 10.0. The van der Waals surface area contributed by atoms with Crippen molar-refractivity contribution in [2.24, 2.45) is 5.92 Å². The summed E-state index contributed by atoms with van der Waals surface area (Å²) in [6, 6.07) is 10.1. The molecule has 0 heterocycles. The zero-order chi connectivity index (χ0) is 15.0. The van der Waals surface area contributed by atoms with Crippen LogP contribution in [0.3, 0.4) is 0 Å². The Morgan fingerprint density at radius 2 is 1.85 bits per heavy atom. The van der Waals surface area contributed by atoms with Crippen LogP contribution >= 0.6 is 0 Å². The molecule has 0 radical (unpaired) electrons. The minimum atomic E-state index is -0.730. The van der Waals surface area contributed by atoms with E-state index in [2.05, 4.69) is 5.32 Å². The van der Waals surface area contributed by atoms with Gasteiger partial charge in [-0.3, -0.25) is 4.79 Å². The molecule has 1 rings (SSSR count). The Morgan fingerprint density at radius 1 is 1.20 bits per heavy atom. The predicted molar refractivity (Wildman–Crippen MR) is 79.2 cm³/mol. The Balaban J connectivity index is 2.33. The first-order chi connectivity index (χ1) is 9.52. The van der Waals surface area contributed by atoms with E-state index in [0.29, 0.717) is 12.8 Å². The molecule has 112 valence electrons. The first-order valence-electron chi connectivity index (χ1n) is 7.16. The number of nitrogens with one attached hydrogen (secondary N) is 1. The smallest absolute Gasteiger partial charge is 0.223 e. The number of aliphatic hydroxyl groups excluding tert-OH is 2. The highest BCUT2D eigenvalue weighted by Crippen LogP contribution is 2.09. The lowest BCUT2D eigenvalue weighted by Crippen LogP contribution is -2.37. The molecule has 20 heavy (non-hydrogen) atoms. The van der Waals surface area contributed by atoms with Crippen molar-refractivity contribution in [3.63, 3.8) is 0 Å². The van der Waals surface area contributed by atoms with Gasteiger partial charge < -0.3 is 15.5 Å². The van der Waals surface area contributed by atoms with E-state index >= 15 is 0 Å². The third-order valence-electron chi connectivity index (χ3n) is 3.36. The quantitative estimate of drug-likeness (QED) is 0.675. The highest BCUT2D eigenvalue weighted by atomic mass is 16.3. The number of carbonyl (C=O) groups excluding carboxylic acids is 1. The number of hydrogen-bond acceptors (Lipinski definition) is 3. The summed E-state index contributed by atoms with van der Waals surface area (Å²) in [6.45, 7) is 3.58. The molecule has 0 aliphatic heterocycles. The first-order valence-corrected chi connectivity index (χ1v) is 7.16. The molecule has 1 aromatic rings. The Labute approximate surface area is 120 Å². The summed E-state index contributed by atoms with van der Waals surface area (Å²) in [4.78, 5) is 12.0.